The number of hydrogen-bond donors (Lipinski definition) is 2. The third-order valence-electron chi connectivity index (χ3n) is 5.61. The third kappa shape index (κ3) is 5.70. The van der Waals surface area contributed by atoms with Crippen LogP contribution in [-0.2, 0) is 17.4 Å². The van der Waals surface area contributed by atoms with Crippen molar-refractivity contribution in [2.45, 2.75) is 32.7 Å². The van der Waals surface area contributed by atoms with Gasteiger partial charge in [-0.1, -0.05) is 18.7 Å². The van der Waals surface area contributed by atoms with Gasteiger partial charge in [0.2, 0.25) is 0 Å². The van der Waals surface area contributed by atoms with Crippen molar-refractivity contribution in [1.82, 2.24) is 15.3 Å². The Balaban J connectivity index is 1.90. The Labute approximate surface area is 194 Å². The predicted molar refractivity (Wildman–Crippen MR) is 122 cm³/mol. The van der Waals surface area contributed by atoms with E-state index in [1.54, 1.807) is 6.92 Å². The molecule has 34 heavy (non-hydrogen) atoms. The van der Waals surface area contributed by atoms with E-state index in [4.69, 9.17) is 0 Å². The number of benzene rings is 1. The molecule has 1 aliphatic rings. The number of aromatic nitrogens is 2. The van der Waals surface area contributed by atoms with Crippen molar-refractivity contribution >= 4 is 19.2 Å². The lowest BCUT2D eigenvalue weighted by Gasteiger charge is -2.23. The van der Waals surface area contributed by atoms with Gasteiger partial charge in [-0.3, -0.25) is 4.99 Å². The molecule has 3 rings (SSSR count). The van der Waals surface area contributed by atoms with Crippen LogP contribution in [0, 0.1) is 12.7 Å². The third-order valence-corrected chi connectivity index (χ3v) is 8.56. The Morgan fingerprint density at radius 2 is 2.00 bits per heavy atom. The van der Waals surface area contributed by atoms with Crippen molar-refractivity contribution in [3.8, 4) is 0 Å². The van der Waals surface area contributed by atoms with Crippen LogP contribution in [0.3, 0.4) is 0 Å². The molecule has 6 nitrogen and oxygen atoms in total. The monoisotopic (exact) mass is 501 g/mol. The van der Waals surface area contributed by atoms with E-state index in [0.29, 0.717) is 37.0 Å². The highest BCUT2D eigenvalue weighted by Crippen LogP contribution is 2.53. The van der Waals surface area contributed by atoms with Gasteiger partial charge in [-0.25, -0.2) is 18.7 Å². The molecule has 1 atom stereocenters. The maximum atomic E-state index is 14.6. The summed E-state index contributed by atoms with van der Waals surface area (Å²) >= 11 is 0. The summed E-state index contributed by atoms with van der Waals surface area (Å²) in [6.07, 6.45) is -2.64. The van der Waals surface area contributed by atoms with Gasteiger partial charge in [-0.2, -0.15) is 13.2 Å². The van der Waals surface area contributed by atoms with Crippen molar-refractivity contribution in [2.75, 3.05) is 30.7 Å². The van der Waals surface area contributed by atoms with E-state index in [1.807, 2.05) is 0 Å². The average Bonchev–Trinajstić information content (AvgIpc) is 2.79. The number of aliphatic imine (C=N–C) groups is 1. The first-order valence-corrected chi connectivity index (χ1v) is 12.6. The SMILES string of the molecule is C=C(/N=C\c1nc(CF)nc(N[C@H](C)c2cccc(C(F)(F)F)c2F)c1C)P1(=O)CCNCC1. The molecule has 1 aromatic heterocycles. The van der Waals surface area contributed by atoms with Gasteiger partial charge in [-0.15, -0.1) is 0 Å². The average molecular weight is 501 g/mol. The molecule has 1 saturated heterocycles. The molecule has 1 aromatic carbocycles. The number of alkyl halides is 4. The first kappa shape index (κ1) is 26.0. The fraction of sp³-hybridized carbons (Fsp3) is 0.409. The molecule has 1 aliphatic heterocycles. The summed E-state index contributed by atoms with van der Waals surface area (Å²) in [4.78, 5) is 12.4. The number of anilines is 1. The van der Waals surface area contributed by atoms with Gasteiger partial charge in [0.05, 0.1) is 29.0 Å². The highest BCUT2D eigenvalue weighted by atomic mass is 31.2. The lowest BCUT2D eigenvalue weighted by atomic mass is 10.0. The zero-order valence-corrected chi connectivity index (χ0v) is 19.6. The summed E-state index contributed by atoms with van der Waals surface area (Å²) in [5, 5.41) is 5.97. The van der Waals surface area contributed by atoms with E-state index in [1.165, 1.54) is 19.2 Å². The molecular weight excluding hydrogens is 476 g/mol. The second-order valence-corrected chi connectivity index (χ2v) is 11.2. The van der Waals surface area contributed by atoms with Crippen LogP contribution in [0.5, 0.6) is 0 Å². The Morgan fingerprint density at radius 1 is 1.32 bits per heavy atom. The molecule has 0 unspecified atom stereocenters. The van der Waals surface area contributed by atoms with Crippen LogP contribution in [0.1, 0.15) is 41.2 Å². The Morgan fingerprint density at radius 3 is 2.62 bits per heavy atom. The van der Waals surface area contributed by atoms with Crippen LogP contribution in [0.2, 0.25) is 0 Å². The van der Waals surface area contributed by atoms with Crippen molar-refractivity contribution in [3.63, 3.8) is 0 Å². The zero-order chi connectivity index (χ0) is 25.1. The van der Waals surface area contributed by atoms with E-state index in [0.717, 1.165) is 6.07 Å². The van der Waals surface area contributed by atoms with Crippen molar-refractivity contribution in [1.29, 1.82) is 0 Å². The van der Waals surface area contributed by atoms with Gasteiger partial charge in [0.25, 0.3) is 0 Å². The smallest absolute Gasteiger partial charge is 0.363 e. The van der Waals surface area contributed by atoms with Crippen LogP contribution >= 0.6 is 7.14 Å². The second-order valence-electron chi connectivity index (χ2n) is 7.97. The molecule has 2 N–H and O–H groups in total. The zero-order valence-electron chi connectivity index (χ0n) is 18.7. The van der Waals surface area contributed by atoms with E-state index < -0.39 is 37.4 Å². The van der Waals surface area contributed by atoms with Crippen molar-refractivity contribution in [3.05, 3.63) is 64.2 Å². The fourth-order valence-corrected chi connectivity index (χ4v) is 5.60. The molecule has 2 aromatic rings. The highest BCUT2D eigenvalue weighted by molar-refractivity contribution is 7.68. The topological polar surface area (TPSA) is 79.3 Å². The van der Waals surface area contributed by atoms with Crippen LogP contribution in [0.25, 0.3) is 0 Å². The minimum atomic E-state index is -4.84. The second kappa shape index (κ2) is 10.3. The lowest BCUT2D eigenvalue weighted by Crippen LogP contribution is -2.28. The molecule has 0 radical (unpaired) electrons. The fourth-order valence-electron chi connectivity index (χ4n) is 3.55. The van der Waals surface area contributed by atoms with Crippen LogP contribution < -0.4 is 10.6 Å². The predicted octanol–water partition coefficient (Wildman–Crippen LogP) is 5.44. The van der Waals surface area contributed by atoms with E-state index >= 15 is 0 Å². The Kier molecular flexibility index (Phi) is 7.88. The summed E-state index contributed by atoms with van der Waals surface area (Å²) in [6.45, 7) is 7.10. The summed E-state index contributed by atoms with van der Waals surface area (Å²) in [5.74, 6) is -1.46. The largest absolute Gasteiger partial charge is 0.419 e. The molecule has 0 aliphatic carbocycles. The molecule has 0 spiro atoms. The van der Waals surface area contributed by atoms with E-state index in [2.05, 4.69) is 32.2 Å². The molecule has 2 heterocycles. The number of rotatable bonds is 7. The van der Waals surface area contributed by atoms with Gasteiger partial charge in [0.1, 0.15) is 25.5 Å². The van der Waals surface area contributed by atoms with E-state index in [-0.39, 0.29) is 28.3 Å². The van der Waals surface area contributed by atoms with Gasteiger partial charge in [0.15, 0.2) is 5.82 Å². The van der Waals surface area contributed by atoms with Crippen LogP contribution in [-0.4, -0.2) is 41.6 Å². The van der Waals surface area contributed by atoms with Gasteiger partial charge < -0.3 is 15.2 Å². The Bertz CT molecular complexity index is 1140. The number of hydrogen-bond acceptors (Lipinski definition) is 6. The summed E-state index contributed by atoms with van der Waals surface area (Å²) < 4.78 is 80.2. The summed E-state index contributed by atoms with van der Waals surface area (Å²) in [6, 6.07) is 2.09. The lowest BCUT2D eigenvalue weighted by molar-refractivity contribution is -0.140. The normalized spacial score (nSPS) is 17.0. The maximum Gasteiger partial charge on any atom is 0.419 e. The van der Waals surface area contributed by atoms with Gasteiger partial charge >= 0.3 is 6.18 Å². The minimum Gasteiger partial charge on any atom is -0.363 e. The molecule has 0 bridgehead atoms. The van der Waals surface area contributed by atoms with E-state index in [9.17, 15) is 26.5 Å². The van der Waals surface area contributed by atoms with Gasteiger partial charge in [0, 0.05) is 36.5 Å². The van der Waals surface area contributed by atoms with Crippen molar-refractivity contribution in [2.24, 2.45) is 4.99 Å². The molecule has 1 fully saturated rings. The molecule has 12 heteroatoms. The number of nitrogens with zero attached hydrogens (tertiary/aromatic N) is 3. The highest BCUT2D eigenvalue weighted by Gasteiger charge is 2.35. The molecular formula is C22H25F5N5OP. The summed E-state index contributed by atoms with van der Waals surface area (Å²) in [5.41, 5.74) is -0.715. The number of halogens is 5. The Hall–Kier alpha value is -2.65. The van der Waals surface area contributed by atoms with Crippen LogP contribution in [0.4, 0.5) is 27.8 Å². The minimum absolute atomic E-state index is 0.118. The van der Waals surface area contributed by atoms with Gasteiger partial charge in [-0.05, 0) is 19.9 Å². The maximum absolute atomic E-state index is 14.6. The van der Waals surface area contributed by atoms with Crippen LogP contribution in [0.15, 0.2) is 35.2 Å². The molecule has 0 amide bonds. The van der Waals surface area contributed by atoms with Crippen molar-refractivity contribution < 1.29 is 26.5 Å². The molecule has 184 valence electrons. The summed E-state index contributed by atoms with van der Waals surface area (Å²) in [7, 11) is -2.70. The molecule has 0 saturated carbocycles. The first-order chi connectivity index (χ1) is 16.0. The first-order valence-electron chi connectivity index (χ1n) is 10.5. The quantitative estimate of drug-likeness (QED) is 0.300. The number of nitrogens with one attached hydrogen (secondary N) is 2. The standard InChI is InChI=1S/C22H25F5N5OP/c1-13-18(12-29-15(3)34(33)9-7-28-8-10-34)31-19(11-23)32-21(13)30-14(2)16-5-4-6-17(20(16)24)22(25,26)27/h4-6,12,14,28H,3,7-11H2,1-2H3,(H,30,31,32)/b29-12-/t14-/m1/s1.